The fraction of sp³-hybridized carbons (Fsp3) is 0.529. The molecule has 132 valence electrons. The van der Waals surface area contributed by atoms with E-state index in [0.717, 1.165) is 30.0 Å². The minimum atomic E-state index is 0.342. The Morgan fingerprint density at radius 3 is 3.00 bits per heavy atom. The third kappa shape index (κ3) is 2.86. The van der Waals surface area contributed by atoms with Crippen LogP contribution in [0.4, 0.5) is 5.82 Å². The Balaban J connectivity index is 1.58. The summed E-state index contributed by atoms with van der Waals surface area (Å²) < 4.78 is 7.21. The standard InChI is InChI=1S/C17H23N7O/c1-11-14-16(19-10-20-17(14)25-22-11)18-9-12-5-4-8-23(2)15(12)13-6-7-21-24(13)3/h6-7,10,12,15H,4-5,8-9H2,1-3H3,(H,18,19,20)/t12-,15+/m0/s1. The molecule has 1 fully saturated rings. The van der Waals surface area contributed by atoms with E-state index in [4.69, 9.17) is 4.52 Å². The first-order valence-corrected chi connectivity index (χ1v) is 8.64. The highest BCUT2D eigenvalue weighted by atomic mass is 16.5. The Hall–Kier alpha value is -2.48. The van der Waals surface area contributed by atoms with Crippen molar-refractivity contribution in [1.82, 2.24) is 29.8 Å². The number of nitrogens with one attached hydrogen (secondary N) is 1. The predicted molar refractivity (Wildman–Crippen MR) is 94.1 cm³/mol. The fourth-order valence-electron chi connectivity index (χ4n) is 3.90. The number of likely N-dealkylation sites (tertiary alicyclic amines) is 1. The number of aryl methyl sites for hydroxylation is 2. The van der Waals surface area contributed by atoms with E-state index in [9.17, 15) is 0 Å². The molecule has 0 bridgehead atoms. The van der Waals surface area contributed by atoms with Gasteiger partial charge in [-0.15, -0.1) is 0 Å². The van der Waals surface area contributed by atoms with Crippen LogP contribution in [0, 0.1) is 12.8 Å². The first kappa shape index (κ1) is 16.0. The molecule has 0 amide bonds. The van der Waals surface area contributed by atoms with Gasteiger partial charge in [0.25, 0.3) is 5.71 Å². The molecule has 1 N–H and O–H groups in total. The highest BCUT2D eigenvalue weighted by Gasteiger charge is 2.32. The van der Waals surface area contributed by atoms with E-state index in [1.165, 1.54) is 24.9 Å². The van der Waals surface area contributed by atoms with Gasteiger partial charge in [0.2, 0.25) is 0 Å². The van der Waals surface area contributed by atoms with E-state index in [0.29, 0.717) is 17.7 Å². The lowest BCUT2D eigenvalue weighted by Gasteiger charge is -2.39. The van der Waals surface area contributed by atoms with Gasteiger partial charge in [-0.25, -0.2) is 4.98 Å². The molecule has 8 heteroatoms. The maximum atomic E-state index is 5.23. The van der Waals surface area contributed by atoms with Crippen molar-refractivity contribution in [1.29, 1.82) is 0 Å². The highest BCUT2D eigenvalue weighted by molar-refractivity contribution is 5.87. The largest absolute Gasteiger partial charge is 0.369 e. The topological polar surface area (TPSA) is 84.9 Å². The van der Waals surface area contributed by atoms with E-state index in [1.54, 1.807) is 0 Å². The van der Waals surface area contributed by atoms with Gasteiger partial charge in [-0.2, -0.15) is 10.1 Å². The lowest BCUT2D eigenvalue weighted by atomic mass is 9.87. The van der Waals surface area contributed by atoms with Crippen molar-refractivity contribution >= 4 is 16.9 Å². The van der Waals surface area contributed by atoms with Gasteiger partial charge in [-0.3, -0.25) is 9.58 Å². The van der Waals surface area contributed by atoms with Gasteiger partial charge in [0.1, 0.15) is 17.5 Å². The zero-order valence-corrected chi connectivity index (χ0v) is 14.8. The number of hydrogen-bond donors (Lipinski definition) is 1. The fourth-order valence-corrected chi connectivity index (χ4v) is 3.90. The van der Waals surface area contributed by atoms with E-state index >= 15 is 0 Å². The Labute approximate surface area is 146 Å². The number of nitrogens with zero attached hydrogens (tertiary/aromatic N) is 6. The number of anilines is 1. The quantitative estimate of drug-likeness (QED) is 0.778. The van der Waals surface area contributed by atoms with Gasteiger partial charge in [0, 0.05) is 19.8 Å². The first-order valence-electron chi connectivity index (χ1n) is 8.64. The van der Waals surface area contributed by atoms with Gasteiger partial charge in [0.15, 0.2) is 0 Å². The molecule has 2 atom stereocenters. The van der Waals surface area contributed by atoms with Crippen LogP contribution in [0.25, 0.3) is 11.1 Å². The zero-order chi connectivity index (χ0) is 17.4. The molecular formula is C17H23N7O. The maximum absolute atomic E-state index is 5.23. The molecule has 0 radical (unpaired) electrons. The summed E-state index contributed by atoms with van der Waals surface area (Å²) >= 11 is 0. The molecule has 0 aromatic carbocycles. The average Bonchev–Trinajstić information content (AvgIpc) is 3.19. The van der Waals surface area contributed by atoms with Crippen molar-refractivity contribution in [3.05, 3.63) is 30.0 Å². The number of rotatable bonds is 4. The number of piperidine rings is 1. The molecule has 1 aliphatic rings. The van der Waals surface area contributed by atoms with Crippen LogP contribution >= 0.6 is 0 Å². The summed E-state index contributed by atoms with van der Waals surface area (Å²) in [7, 11) is 4.20. The summed E-state index contributed by atoms with van der Waals surface area (Å²) in [5.41, 5.74) is 2.59. The van der Waals surface area contributed by atoms with Crippen LogP contribution in [0.3, 0.4) is 0 Å². The second kappa shape index (κ2) is 6.44. The number of hydrogen-bond acceptors (Lipinski definition) is 7. The first-order chi connectivity index (χ1) is 12.1. The van der Waals surface area contributed by atoms with Crippen molar-refractivity contribution in [3.63, 3.8) is 0 Å². The molecule has 25 heavy (non-hydrogen) atoms. The third-order valence-electron chi connectivity index (χ3n) is 5.14. The van der Waals surface area contributed by atoms with E-state index in [1.807, 2.05) is 24.9 Å². The summed E-state index contributed by atoms with van der Waals surface area (Å²) in [4.78, 5) is 11.0. The van der Waals surface area contributed by atoms with Crippen molar-refractivity contribution in [2.45, 2.75) is 25.8 Å². The number of fused-ring (bicyclic) bond motifs is 1. The zero-order valence-electron chi connectivity index (χ0n) is 14.8. The number of aromatic nitrogens is 5. The van der Waals surface area contributed by atoms with Crippen LogP contribution in [0.15, 0.2) is 23.1 Å². The normalized spacial score (nSPS) is 21.7. The monoisotopic (exact) mass is 341 g/mol. The minimum absolute atomic E-state index is 0.342. The summed E-state index contributed by atoms with van der Waals surface area (Å²) in [6.07, 6.45) is 5.75. The van der Waals surface area contributed by atoms with Gasteiger partial charge in [0.05, 0.1) is 17.4 Å². The SMILES string of the molecule is Cc1noc2ncnc(NC[C@@H]3CCCN(C)[C@H]3c3ccnn3C)c12. The van der Waals surface area contributed by atoms with Crippen LogP contribution in [-0.2, 0) is 7.05 Å². The molecule has 1 saturated heterocycles. The Bertz CT molecular complexity index is 871. The molecule has 8 nitrogen and oxygen atoms in total. The highest BCUT2D eigenvalue weighted by Crippen LogP contribution is 2.35. The van der Waals surface area contributed by atoms with Crippen LogP contribution in [-0.4, -0.2) is 49.9 Å². The Morgan fingerprint density at radius 1 is 1.32 bits per heavy atom. The summed E-state index contributed by atoms with van der Waals surface area (Å²) in [5, 5.41) is 12.7. The lowest BCUT2D eigenvalue weighted by molar-refractivity contribution is 0.121. The molecule has 4 rings (SSSR count). The Morgan fingerprint density at radius 2 is 2.20 bits per heavy atom. The van der Waals surface area contributed by atoms with Gasteiger partial charge in [-0.05, 0) is 45.3 Å². The van der Waals surface area contributed by atoms with Crippen LogP contribution < -0.4 is 5.32 Å². The predicted octanol–water partition coefficient (Wildman–Crippen LogP) is 2.15. The second-order valence-electron chi connectivity index (χ2n) is 6.76. The summed E-state index contributed by atoms with van der Waals surface area (Å²) in [5.74, 6) is 1.26. The van der Waals surface area contributed by atoms with Crippen molar-refractivity contribution in [3.8, 4) is 0 Å². The molecule has 0 spiro atoms. The molecule has 3 aromatic rings. The van der Waals surface area contributed by atoms with E-state index < -0.39 is 0 Å². The average molecular weight is 341 g/mol. The molecule has 0 aliphatic carbocycles. The van der Waals surface area contributed by atoms with E-state index in [-0.39, 0.29) is 0 Å². The van der Waals surface area contributed by atoms with Gasteiger partial charge < -0.3 is 9.84 Å². The smallest absolute Gasteiger partial charge is 0.263 e. The van der Waals surface area contributed by atoms with E-state index in [2.05, 4.69) is 43.6 Å². The van der Waals surface area contributed by atoms with Crippen molar-refractivity contribution in [2.24, 2.45) is 13.0 Å². The second-order valence-corrected chi connectivity index (χ2v) is 6.76. The third-order valence-corrected chi connectivity index (χ3v) is 5.14. The summed E-state index contributed by atoms with van der Waals surface area (Å²) in [6, 6.07) is 2.46. The molecule has 1 aliphatic heterocycles. The van der Waals surface area contributed by atoms with Crippen LogP contribution in [0.1, 0.15) is 30.3 Å². The minimum Gasteiger partial charge on any atom is -0.369 e. The lowest BCUT2D eigenvalue weighted by Crippen LogP contribution is -2.40. The molecule has 4 heterocycles. The Kier molecular flexibility index (Phi) is 4.12. The molecule has 3 aromatic heterocycles. The van der Waals surface area contributed by atoms with Crippen LogP contribution in [0.2, 0.25) is 0 Å². The van der Waals surface area contributed by atoms with Crippen molar-refractivity contribution in [2.75, 3.05) is 25.5 Å². The maximum Gasteiger partial charge on any atom is 0.263 e. The molecule has 0 saturated carbocycles. The van der Waals surface area contributed by atoms with Gasteiger partial charge in [-0.1, -0.05) is 5.16 Å². The van der Waals surface area contributed by atoms with Gasteiger partial charge >= 0.3 is 0 Å². The molecule has 0 unspecified atom stereocenters. The van der Waals surface area contributed by atoms with Crippen molar-refractivity contribution < 1.29 is 4.52 Å². The van der Waals surface area contributed by atoms with Crippen LogP contribution in [0.5, 0.6) is 0 Å². The molecular weight excluding hydrogens is 318 g/mol. The summed E-state index contributed by atoms with van der Waals surface area (Å²) in [6.45, 7) is 3.85.